The number of carbonyl (C=O) groups is 1. The van der Waals surface area contributed by atoms with E-state index in [1.54, 1.807) is 0 Å². The van der Waals surface area contributed by atoms with Gasteiger partial charge < -0.3 is 9.47 Å². The number of fused-ring (bicyclic) bond motifs is 1. The lowest BCUT2D eigenvalue weighted by Gasteiger charge is -2.18. The highest BCUT2D eigenvalue weighted by Crippen LogP contribution is 2.31. The molecule has 0 amide bonds. The van der Waals surface area contributed by atoms with E-state index in [-0.39, 0.29) is 0 Å². The molecule has 17 heavy (non-hydrogen) atoms. The molecule has 1 aromatic rings. The van der Waals surface area contributed by atoms with Gasteiger partial charge in [-0.15, -0.1) is 5.10 Å². The third kappa shape index (κ3) is 1.65. The second-order valence-electron chi connectivity index (χ2n) is 3.62. The molecule has 2 aliphatic rings. The molecule has 0 atom stereocenters. The van der Waals surface area contributed by atoms with Crippen molar-refractivity contribution in [1.29, 1.82) is 0 Å². The van der Waals surface area contributed by atoms with Crippen LogP contribution in [0.2, 0.25) is 0 Å². The molecule has 5 heteroatoms. The van der Waals surface area contributed by atoms with Crippen LogP contribution in [0.5, 0.6) is 11.5 Å². The van der Waals surface area contributed by atoms with E-state index in [9.17, 15) is 4.79 Å². The number of benzene rings is 1. The monoisotopic (exact) mass is 229 g/mol. The molecule has 1 aromatic carbocycles. The summed E-state index contributed by atoms with van der Waals surface area (Å²) in [6, 6.07) is 5.46. The Morgan fingerprint density at radius 2 is 2.00 bits per heavy atom. The lowest BCUT2D eigenvalue weighted by molar-refractivity contribution is -0.104. The van der Waals surface area contributed by atoms with Crippen molar-refractivity contribution in [3.05, 3.63) is 35.5 Å². The van der Waals surface area contributed by atoms with E-state index < -0.39 is 0 Å². The first kappa shape index (κ1) is 9.89. The lowest BCUT2D eigenvalue weighted by atomic mass is 10.0. The van der Waals surface area contributed by atoms with Crippen LogP contribution in [0.25, 0.3) is 0 Å². The number of hydrogen-bond acceptors (Lipinski definition) is 4. The van der Waals surface area contributed by atoms with Gasteiger partial charge in [0.1, 0.15) is 18.9 Å². The Kier molecular flexibility index (Phi) is 2.29. The Labute approximate surface area is 97.7 Å². The molecule has 0 saturated carbocycles. The second-order valence-corrected chi connectivity index (χ2v) is 3.62. The van der Waals surface area contributed by atoms with Crippen molar-refractivity contribution >= 4 is 12.0 Å². The molecule has 0 spiro atoms. The average Bonchev–Trinajstić information content (AvgIpc) is 2.86. The summed E-state index contributed by atoms with van der Waals surface area (Å²) in [5.74, 6) is 1.39. The zero-order valence-corrected chi connectivity index (χ0v) is 8.92. The Morgan fingerprint density at radius 1 is 1.18 bits per heavy atom. The van der Waals surface area contributed by atoms with E-state index >= 15 is 0 Å². The van der Waals surface area contributed by atoms with Gasteiger partial charge in [-0.1, -0.05) is 0 Å². The molecule has 1 radical (unpaired) electrons. The number of carbonyl (C=O) groups excluding carboxylic acids is 1. The van der Waals surface area contributed by atoms with Gasteiger partial charge in [-0.2, -0.15) is 5.43 Å². The molecule has 5 nitrogen and oxygen atoms in total. The van der Waals surface area contributed by atoms with Crippen LogP contribution < -0.4 is 14.9 Å². The van der Waals surface area contributed by atoms with Gasteiger partial charge in [0.15, 0.2) is 17.8 Å². The van der Waals surface area contributed by atoms with Crippen LogP contribution in [0.4, 0.5) is 0 Å². The van der Waals surface area contributed by atoms with E-state index in [0.717, 1.165) is 11.8 Å². The van der Waals surface area contributed by atoms with Crippen molar-refractivity contribution < 1.29 is 14.3 Å². The summed E-state index contributed by atoms with van der Waals surface area (Å²) in [6.07, 6.45) is 2.19. The van der Waals surface area contributed by atoms with Gasteiger partial charge in [0.05, 0.1) is 11.8 Å². The molecule has 0 N–H and O–H groups in total. The quantitative estimate of drug-likeness (QED) is 0.707. The maximum Gasteiger partial charge on any atom is 0.162 e. The fourth-order valence-electron chi connectivity index (χ4n) is 1.77. The summed E-state index contributed by atoms with van der Waals surface area (Å²) in [7, 11) is 0. The van der Waals surface area contributed by atoms with Crippen LogP contribution in [-0.4, -0.2) is 25.2 Å². The van der Waals surface area contributed by atoms with Gasteiger partial charge >= 0.3 is 0 Å². The number of hydrogen-bond donors (Lipinski definition) is 0. The lowest BCUT2D eigenvalue weighted by Crippen LogP contribution is -2.16. The molecule has 0 saturated heterocycles. The topological polar surface area (TPSA) is 62.0 Å². The minimum Gasteiger partial charge on any atom is -0.486 e. The first-order chi connectivity index (χ1) is 8.38. The smallest absolute Gasteiger partial charge is 0.162 e. The zero-order valence-electron chi connectivity index (χ0n) is 8.92. The van der Waals surface area contributed by atoms with Crippen LogP contribution in [0.3, 0.4) is 0 Å². The predicted molar refractivity (Wildman–Crippen MR) is 60.3 cm³/mol. The summed E-state index contributed by atoms with van der Waals surface area (Å²) in [6.45, 7) is 1.09. The summed E-state index contributed by atoms with van der Waals surface area (Å²) in [5.41, 5.74) is 5.57. The minimum absolute atomic E-state index is 0.474. The first-order valence-electron chi connectivity index (χ1n) is 5.22. The minimum atomic E-state index is 0.474. The van der Waals surface area contributed by atoms with Crippen molar-refractivity contribution in [3.63, 3.8) is 0 Å². The summed E-state index contributed by atoms with van der Waals surface area (Å²) >= 11 is 0. The van der Waals surface area contributed by atoms with Crippen LogP contribution in [0, 0.1) is 0 Å². The maximum atomic E-state index is 10.8. The van der Waals surface area contributed by atoms with Crippen LogP contribution >= 0.6 is 0 Å². The first-order valence-corrected chi connectivity index (χ1v) is 5.22. The van der Waals surface area contributed by atoms with Crippen LogP contribution in [0.1, 0.15) is 5.56 Å². The van der Waals surface area contributed by atoms with Crippen LogP contribution in [-0.2, 0) is 4.79 Å². The zero-order chi connectivity index (χ0) is 11.7. The fourth-order valence-corrected chi connectivity index (χ4v) is 1.77. The SMILES string of the molecule is O=CC1=C[N]N=C1c1ccc2c(c1)OCCO2. The number of ether oxygens (including phenoxy) is 2. The summed E-state index contributed by atoms with van der Waals surface area (Å²) < 4.78 is 10.9. The molecular formula is C12H9N2O3. The van der Waals surface area contributed by atoms with E-state index in [1.807, 2.05) is 18.2 Å². The molecule has 0 unspecified atom stereocenters. The van der Waals surface area contributed by atoms with Gasteiger partial charge in [-0.05, 0) is 18.2 Å². The molecule has 0 aromatic heterocycles. The molecule has 2 aliphatic heterocycles. The normalized spacial score (nSPS) is 16.9. The second kappa shape index (κ2) is 3.93. The third-order valence-corrected chi connectivity index (χ3v) is 2.57. The van der Waals surface area contributed by atoms with Crippen molar-refractivity contribution in [1.82, 2.24) is 5.43 Å². The van der Waals surface area contributed by atoms with E-state index in [0.29, 0.717) is 36.0 Å². The number of rotatable bonds is 2. The highest BCUT2D eigenvalue weighted by atomic mass is 16.6. The van der Waals surface area contributed by atoms with E-state index in [1.165, 1.54) is 6.20 Å². The Morgan fingerprint density at radius 3 is 2.82 bits per heavy atom. The Balaban J connectivity index is 1.99. The number of nitrogens with zero attached hydrogens (tertiary/aromatic N) is 2. The van der Waals surface area contributed by atoms with Crippen molar-refractivity contribution in [2.24, 2.45) is 5.10 Å². The summed E-state index contributed by atoms with van der Waals surface area (Å²) in [5, 5.41) is 3.93. The van der Waals surface area contributed by atoms with E-state index in [4.69, 9.17) is 9.47 Å². The largest absolute Gasteiger partial charge is 0.486 e. The van der Waals surface area contributed by atoms with Crippen molar-refractivity contribution in [2.75, 3.05) is 13.2 Å². The van der Waals surface area contributed by atoms with Gasteiger partial charge in [-0.25, -0.2) is 0 Å². The van der Waals surface area contributed by atoms with Gasteiger partial charge in [-0.3, -0.25) is 4.79 Å². The third-order valence-electron chi connectivity index (χ3n) is 2.57. The van der Waals surface area contributed by atoms with Crippen molar-refractivity contribution in [2.45, 2.75) is 0 Å². The summed E-state index contributed by atoms with van der Waals surface area (Å²) in [4.78, 5) is 10.8. The Bertz CT molecular complexity index is 535. The number of allylic oxidation sites excluding steroid dienone is 1. The molecule has 2 heterocycles. The highest BCUT2D eigenvalue weighted by Gasteiger charge is 2.18. The van der Waals surface area contributed by atoms with Gasteiger partial charge in [0.25, 0.3) is 0 Å². The van der Waals surface area contributed by atoms with E-state index in [2.05, 4.69) is 10.5 Å². The fraction of sp³-hybridized carbons (Fsp3) is 0.167. The maximum absolute atomic E-state index is 10.8. The molecule has 3 rings (SSSR count). The number of aldehydes is 1. The molecule has 0 aliphatic carbocycles. The predicted octanol–water partition coefficient (Wildman–Crippen LogP) is 0.863. The molecule has 0 fully saturated rings. The molecular weight excluding hydrogens is 220 g/mol. The van der Waals surface area contributed by atoms with Gasteiger partial charge in [0.2, 0.25) is 0 Å². The highest BCUT2D eigenvalue weighted by molar-refractivity contribution is 6.23. The van der Waals surface area contributed by atoms with Crippen LogP contribution in [0.15, 0.2) is 35.1 Å². The molecule has 85 valence electrons. The van der Waals surface area contributed by atoms with Crippen molar-refractivity contribution in [3.8, 4) is 11.5 Å². The average molecular weight is 229 g/mol. The van der Waals surface area contributed by atoms with Gasteiger partial charge in [0, 0.05) is 5.56 Å². The standard InChI is InChI=1S/C12H9N2O3/c15-7-9-6-13-14-12(9)8-1-2-10-11(5-8)17-4-3-16-10/h1-2,5-7H,3-4H2. The Hall–Kier alpha value is -2.30. The molecule has 0 bridgehead atoms.